The summed E-state index contributed by atoms with van der Waals surface area (Å²) in [7, 11) is 4.05. The van der Waals surface area contributed by atoms with Crippen molar-refractivity contribution in [2.45, 2.75) is 30.1 Å². The zero-order chi connectivity index (χ0) is 16.9. The second kappa shape index (κ2) is 7.81. The number of hydrogen-bond donors (Lipinski definition) is 1. The fourth-order valence-corrected chi connectivity index (χ4v) is 3.42. The Hall–Kier alpha value is -1.86. The van der Waals surface area contributed by atoms with Crippen LogP contribution in [0.5, 0.6) is 0 Å². The highest BCUT2D eigenvalue weighted by molar-refractivity contribution is 7.99. The Morgan fingerprint density at radius 3 is 2.79 bits per heavy atom. The van der Waals surface area contributed by atoms with Gasteiger partial charge in [0.1, 0.15) is 6.33 Å². The van der Waals surface area contributed by atoms with Crippen molar-refractivity contribution in [2.75, 3.05) is 26.4 Å². The second-order valence-corrected chi connectivity index (χ2v) is 7.18. The van der Waals surface area contributed by atoms with Gasteiger partial charge in [-0.15, -0.1) is 10.2 Å². The van der Waals surface area contributed by atoms with Gasteiger partial charge >= 0.3 is 0 Å². The van der Waals surface area contributed by atoms with E-state index in [2.05, 4.69) is 37.1 Å². The maximum Gasteiger partial charge on any atom is 0.230 e. The van der Waals surface area contributed by atoms with Gasteiger partial charge in [-0.25, -0.2) is 0 Å². The Labute approximate surface area is 146 Å². The Morgan fingerprint density at radius 2 is 2.12 bits per heavy atom. The maximum atomic E-state index is 12.2. The van der Waals surface area contributed by atoms with E-state index in [9.17, 15) is 4.79 Å². The number of nitrogens with one attached hydrogen (secondary N) is 1. The van der Waals surface area contributed by atoms with E-state index in [1.807, 2.05) is 32.3 Å². The minimum absolute atomic E-state index is 0.0214. The van der Waals surface area contributed by atoms with Crippen LogP contribution in [0.4, 0.5) is 0 Å². The van der Waals surface area contributed by atoms with Crippen molar-refractivity contribution in [3.8, 4) is 0 Å². The van der Waals surface area contributed by atoms with Crippen LogP contribution >= 0.6 is 11.8 Å². The minimum Gasteiger partial charge on any atom is -0.353 e. The van der Waals surface area contributed by atoms with Crippen molar-refractivity contribution in [2.24, 2.45) is 0 Å². The molecule has 1 amide bonds. The summed E-state index contributed by atoms with van der Waals surface area (Å²) in [6.07, 6.45) is 4.12. The van der Waals surface area contributed by atoms with Crippen molar-refractivity contribution in [1.29, 1.82) is 0 Å². The molecule has 1 aromatic carbocycles. The van der Waals surface area contributed by atoms with Gasteiger partial charge in [0, 0.05) is 12.6 Å². The summed E-state index contributed by atoms with van der Waals surface area (Å²) in [5, 5.41) is 11.9. The number of carbonyl (C=O) groups is 1. The number of nitrogens with zero attached hydrogens (tertiary/aromatic N) is 4. The van der Waals surface area contributed by atoms with E-state index >= 15 is 0 Å². The van der Waals surface area contributed by atoms with E-state index < -0.39 is 0 Å². The van der Waals surface area contributed by atoms with Gasteiger partial charge in [-0.2, -0.15) is 0 Å². The molecule has 2 aromatic rings. The molecule has 1 atom stereocenters. The van der Waals surface area contributed by atoms with Gasteiger partial charge in [0.2, 0.25) is 5.91 Å². The van der Waals surface area contributed by atoms with Gasteiger partial charge in [-0.1, -0.05) is 42.1 Å². The molecule has 1 fully saturated rings. The number of amides is 1. The van der Waals surface area contributed by atoms with Crippen LogP contribution in [-0.2, 0) is 4.79 Å². The van der Waals surface area contributed by atoms with Crippen LogP contribution in [-0.4, -0.2) is 52.0 Å². The number of aromatic nitrogens is 3. The van der Waals surface area contributed by atoms with Crippen molar-refractivity contribution < 1.29 is 4.79 Å². The van der Waals surface area contributed by atoms with E-state index in [4.69, 9.17) is 0 Å². The topological polar surface area (TPSA) is 63.1 Å². The molecular weight excluding hydrogens is 322 g/mol. The summed E-state index contributed by atoms with van der Waals surface area (Å²) in [5.41, 5.74) is 1.20. The number of hydrogen-bond acceptors (Lipinski definition) is 5. The number of likely N-dealkylation sites (N-methyl/N-ethyl adjacent to an activating group) is 1. The first-order chi connectivity index (χ1) is 11.6. The van der Waals surface area contributed by atoms with Crippen molar-refractivity contribution in [3.05, 3.63) is 42.2 Å². The molecule has 6 nitrogen and oxygen atoms in total. The molecule has 0 aliphatic heterocycles. The summed E-state index contributed by atoms with van der Waals surface area (Å²) >= 11 is 1.45. The molecule has 24 heavy (non-hydrogen) atoms. The molecule has 0 spiro atoms. The van der Waals surface area contributed by atoms with E-state index in [1.165, 1.54) is 30.2 Å². The zero-order valence-electron chi connectivity index (χ0n) is 14.1. The average Bonchev–Trinajstić information content (AvgIpc) is 3.32. The number of benzene rings is 1. The van der Waals surface area contributed by atoms with Crippen molar-refractivity contribution in [1.82, 2.24) is 25.0 Å². The minimum atomic E-state index is 0.0214. The Balaban J connectivity index is 1.50. The monoisotopic (exact) mass is 345 g/mol. The third-order valence-electron chi connectivity index (χ3n) is 4.11. The Bertz CT molecular complexity index is 669. The van der Waals surface area contributed by atoms with Crippen LogP contribution in [0.1, 0.15) is 30.5 Å². The molecule has 0 radical (unpaired) electrons. The molecule has 1 heterocycles. The third-order valence-corrected chi connectivity index (χ3v) is 5.07. The van der Waals surface area contributed by atoms with Gasteiger partial charge in [0.05, 0.1) is 11.8 Å². The van der Waals surface area contributed by atoms with Gasteiger partial charge in [-0.3, -0.25) is 4.79 Å². The molecule has 1 unspecified atom stereocenters. The lowest BCUT2D eigenvalue weighted by molar-refractivity contribution is -0.118. The van der Waals surface area contributed by atoms with Crippen molar-refractivity contribution in [3.63, 3.8) is 0 Å². The van der Waals surface area contributed by atoms with Gasteiger partial charge in [0.25, 0.3) is 0 Å². The first-order valence-corrected chi connectivity index (χ1v) is 9.14. The molecular formula is C17H23N5OS. The molecule has 1 aliphatic carbocycles. The van der Waals surface area contributed by atoms with E-state index in [0.717, 1.165) is 5.16 Å². The number of thioether (sulfide) groups is 1. The molecule has 128 valence electrons. The fourth-order valence-electron chi connectivity index (χ4n) is 2.60. The van der Waals surface area contributed by atoms with Gasteiger partial charge in [-0.05, 0) is 32.5 Å². The molecule has 0 bridgehead atoms. The van der Waals surface area contributed by atoms with E-state index in [0.29, 0.717) is 18.3 Å². The summed E-state index contributed by atoms with van der Waals surface area (Å²) in [6, 6.07) is 10.9. The first-order valence-electron chi connectivity index (χ1n) is 8.15. The highest BCUT2D eigenvalue weighted by Crippen LogP contribution is 2.37. The van der Waals surface area contributed by atoms with Gasteiger partial charge in [0.15, 0.2) is 5.16 Å². The zero-order valence-corrected chi connectivity index (χ0v) is 14.9. The van der Waals surface area contributed by atoms with E-state index in [1.54, 1.807) is 6.33 Å². The lowest BCUT2D eigenvalue weighted by atomic mass is 10.1. The molecule has 1 aliphatic rings. The van der Waals surface area contributed by atoms with Crippen LogP contribution < -0.4 is 5.32 Å². The summed E-state index contributed by atoms with van der Waals surface area (Å²) in [6.45, 7) is 0.589. The standard InChI is InChI=1S/C17H23N5OS/c1-21(2)15(13-6-4-3-5-7-13)10-18-16(23)11-24-17-20-19-12-22(17)14-8-9-14/h3-7,12,14-15H,8-11H2,1-2H3,(H,18,23). The smallest absolute Gasteiger partial charge is 0.230 e. The third kappa shape index (κ3) is 4.36. The van der Waals surface area contributed by atoms with Crippen LogP contribution in [0.15, 0.2) is 41.8 Å². The average molecular weight is 345 g/mol. The summed E-state index contributed by atoms with van der Waals surface area (Å²) in [4.78, 5) is 14.3. The number of rotatable bonds is 8. The second-order valence-electron chi connectivity index (χ2n) is 6.23. The van der Waals surface area contributed by atoms with Gasteiger partial charge < -0.3 is 14.8 Å². The van der Waals surface area contributed by atoms with E-state index in [-0.39, 0.29) is 11.9 Å². The predicted molar refractivity (Wildman–Crippen MR) is 94.9 cm³/mol. The fraction of sp³-hybridized carbons (Fsp3) is 0.471. The first kappa shape index (κ1) is 17.0. The lowest BCUT2D eigenvalue weighted by Gasteiger charge is -2.25. The molecule has 1 saturated carbocycles. The predicted octanol–water partition coefficient (Wildman–Crippen LogP) is 2.12. The molecule has 1 aromatic heterocycles. The molecule has 1 N–H and O–H groups in total. The largest absolute Gasteiger partial charge is 0.353 e. The summed E-state index contributed by atoms with van der Waals surface area (Å²) in [5.74, 6) is 0.383. The highest BCUT2D eigenvalue weighted by atomic mass is 32.2. The molecule has 3 rings (SSSR count). The van der Waals surface area contributed by atoms with Crippen LogP contribution in [0.2, 0.25) is 0 Å². The SMILES string of the molecule is CN(C)C(CNC(=O)CSc1nncn1C1CC1)c1ccccc1. The van der Waals surface area contributed by atoms with Crippen molar-refractivity contribution >= 4 is 17.7 Å². The molecule has 0 saturated heterocycles. The summed E-state index contributed by atoms with van der Waals surface area (Å²) < 4.78 is 2.07. The van der Waals surface area contributed by atoms with Crippen LogP contribution in [0.3, 0.4) is 0 Å². The van der Waals surface area contributed by atoms with Crippen LogP contribution in [0, 0.1) is 0 Å². The number of carbonyl (C=O) groups excluding carboxylic acids is 1. The highest BCUT2D eigenvalue weighted by Gasteiger charge is 2.26. The quantitative estimate of drug-likeness (QED) is 0.743. The lowest BCUT2D eigenvalue weighted by Crippen LogP contribution is -2.35. The molecule has 7 heteroatoms. The van der Waals surface area contributed by atoms with Crippen LogP contribution in [0.25, 0.3) is 0 Å². The Kier molecular flexibility index (Phi) is 5.52. The maximum absolute atomic E-state index is 12.2. The normalized spacial score (nSPS) is 15.5. The Morgan fingerprint density at radius 1 is 1.38 bits per heavy atom.